The summed E-state index contributed by atoms with van der Waals surface area (Å²) in [4.78, 5) is 29.2. The van der Waals surface area contributed by atoms with Crippen LogP contribution in [-0.2, 0) is 4.74 Å². The molecule has 0 atom stereocenters. The Bertz CT molecular complexity index is 1170. The SMILES string of the molecule is CC(C)c1ccccc1-c1ncc2c(N3CCN(C(=O)OC(C)(C)C)CC3)ncnc2c1F. The maximum absolute atomic E-state index is 15.6. The van der Waals surface area contributed by atoms with Gasteiger partial charge in [-0.15, -0.1) is 0 Å². The van der Waals surface area contributed by atoms with Crippen molar-refractivity contribution in [2.24, 2.45) is 0 Å². The summed E-state index contributed by atoms with van der Waals surface area (Å²) >= 11 is 0. The summed E-state index contributed by atoms with van der Waals surface area (Å²) in [7, 11) is 0. The molecule has 1 aliphatic heterocycles. The molecule has 1 amide bonds. The number of hydrogen-bond acceptors (Lipinski definition) is 6. The summed E-state index contributed by atoms with van der Waals surface area (Å²) in [6.07, 6.45) is 2.72. The van der Waals surface area contributed by atoms with Crippen molar-refractivity contribution in [3.63, 3.8) is 0 Å². The van der Waals surface area contributed by atoms with Gasteiger partial charge in [-0.1, -0.05) is 38.1 Å². The van der Waals surface area contributed by atoms with E-state index in [1.54, 1.807) is 11.1 Å². The standard InChI is InChI=1S/C25H30FN5O2/c1-16(2)17-8-6-7-9-18(17)21-20(26)22-19(14-27-21)23(29-15-28-22)30-10-12-31(13-11-30)24(32)33-25(3,4)5/h6-9,14-16H,10-13H2,1-5H3. The van der Waals surface area contributed by atoms with Gasteiger partial charge < -0.3 is 14.5 Å². The minimum atomic E-state index is -0.536. The molecule has 7 nitrogen and oxygen atoms in total. The molecule has 33 heavy (non-hydrogen) atoms. The molecule has 3 aromatic rings. The number of hydrogen-bond donors (Lipinski definition) is 0. The Balaban J connectivity index is 1.62. The number of fused-ring (bicyclic) bond motifs is 1. The van der Waals surface area contributed by atoms with E-state index in [-0.39, 0.29) is 17.5 Å². The van der Waals surface area contributed by atoms with Crippen LogP contribution in [-0.4, -0.2) is 57.7 Å². The maximum Gasteiger partial charge on any atom is 0.410 e. The molecule has 3 heterocycles. The number of ether oxygens (including phenoxy) is 1. The van der Waals surface area contributed by atoms with Crippen LogP contribution in [0.25, 0.3) is 22.2 Å². The van der Waals surface area contributed by atoms with Crippen LogP contribution < -0.4 is 4.90 Å². The quantitative estimate of drug-likeness (QED) is 0.557. The summed E-state index contributed by atoms with van der Waals surface area (Å²) in [6, 6.07) is 7.74. The molecule has 4 rings (SSSR count). The molecule has 2 aromatic heterocycles. The Morgan fingerprint density at radius 3 is 2.42 bits per heavy atom. The molecular weight excluding hydrogens is 421 g/mol. The molecule has 1 saturated heterocycles. The highest BCUT2D eigenvalue weighted by Crippen LogP contribution is 2.33. The van der Waals surface area contributed by atoms with Gasteiger partial charge in [0, 0.05) is 37.9 Å². The predicted octanol–water partition coefficient (Wildman–Crippen LogP) is 5.01. The lowest BCUT2D eigenvalue weighted by molar-refractivity contribution is 0.0240. The lowest BCUT2D eigenvalue weighted by Crippen LogP contribution is -2.50. The number of pyridine rings is 1. The number of benzene rings is 1. The summed E-state index contributed by atoms with van der Waals surface area (Å²) in [5.41, 5.74) is 1.82. The number of anilines is 1. The van der Waals surface area contributed by atoms with Crippen LogP contribution in [0.1, 0.15) is 46.1 Å². The third-order valence-electron chi connectivity index (χ3n) is 5.67. The molecule has 0 unspecified atom stereocenters. The van der Waals surface area contributed by atoms with Gasteiger partial charge >= 0.3 is 6.09 Å². The minimum Gasteiger partial charge on any atom is -0.444 e. The van der Waals surface area contributed by atoms with Crippen LogP contribution in [0, 0.1) is 5.82 Å². The smallest absolute Gasteiger partial charge is 0.410 e. The van der Waals surface area contributed by atoms with Gasteiger partial charge in [0.15, 0.2) is 5.82 Å². The Hall–Kier alpha value is -3.29. The van der Waals surface area contributed by atoms with Crippen LogP contribution in [0.4, 0.5) is 15.0 Å². The number of halogens is 1. The van der Waals surface area contributed by atoms with Crippen molar-refractivity contribution in [2.45, 2.75) is 46.1 Å². The summed E-state index contributed by atoms with van der Waals surface area (Å²) in [5, 5.41) is 0.562. The zero-order chi connectivity index (χ0) is 23.8. The molecule has 0 aliphatic carbocycles. The molecule has 1 aliphatic rings. The fraction of sp³-hybridized carbons (Fsp3) is 0.440. The molecule has 0 radical (unpaired) electrons. The second kappa shape index (κ2) is 8.92. The van der Waals surface area contributed by atoms with Gasteiger partial charge in [0.2, 0.25) is 0 Å². The van der Waals surface area contributed by atoms with E-state index >= 15 is 4.39 Å². The van der Waals surface area contributed by atoms with Gasteiger partial charge in [-0.3, -0.25) is 4.98 Å². The van der Waals surface area contributed by atoms with Gasteiger partial charge in [0.25, 0.3) is 0 Å². The predicted molar refractivity (Wildman–Crippen MR) is 127 cm³/mol. The van der Waals surface area contributed by atoms with E-state index in [2.05, 4.69) is 28.8 Å². The highest BCUT2D eigenvalue weighted by Gasteiger charge is 2.28. The molecule has 1 fully saturated rings. The van der Waals surface area contributed by atoms with Crippen molar-refractivity contribution >= 4 is 22.8 Å². The van der Waals surface area contributed by atoms with Crippen molar-refractivity contribution in [3.05, 3.63) is 48.2 Å². The molecule has 8 heteroatoms. The molecule has 1 aromatic carbocycles. The van der Waals surface area contributed by atoms with Gasteiger partial charge in [-0.05, 0) is 32.3 Å². The van der Waals surface area contributed by atoms with E-state index in [1.807, 2.05) is 49.9 Å². The zero-order valence-corrected chi connectivity index (χ0v) is 19.8. The molecule has 0 spiro atoms. The Morgan fingerprint density at radius 2 is 1.76 bits per heavy atom. The first-order valence-corrected chi connectivity index (χ1v) is 11.3. The first-order valence-electron chi connectivity index (χ1n) is 11.3. The van der Waals surface area contributed by atoms with E-state index in [4.69, 9.17) is 4.74 Å². The number of nitrogens with zero attached hydrogens (tertiary/aromatic N) is 5. The lowest BCUT2D eigenvalue weighted by atomic mass is 9.94. The molecule has 0 bridgehead atoms. The van der Waals surface area contributed by atoms with Crippen LogP contribution in [0.3, 0.4) is 0 Å². The summed E-state index contributed by atoms with van der Waals surface area (Å²) < 4.78 is 21.1. The van der Waals surface area contributed by atoms with Gasteiger partial charge in [0.05, 0.1) is 5.39 Å². The van der Waals surface area contributed by atoms with E-state index in [1.165, 1.54) is 6.33 Å². The van der Waals surface area contributed by atoms with E-state index < -0.39 is 11.4 Å². The van der Waals surface area contributed by atoms with Crippen LogP contribution in [0.15, 0.2) is 36.8 Å². The van der Waals surface area contributed by atoms with E-state index in [0.717, 1.165) is 11.1 Å². The van der Waals surface area contributed by atoms with Crippen LogP contribution >= 0.6 is 0 Å². The number of amides is 1. The number of rotatable bonds is 3. The van der Waals surface area contributed by atoms with Crippen molar-refractivity contribution in [2.75, 3.05) is 31.1 Å². The third-order valence-corrected chi connectivity index (χ3v) is 5.67. The van der Waals surface area contributed by atoms with E-state index in [0.29, 0.717) is 43.1 Å². The molecule has 0 N–H and O–H groups in total. The second-order valence-corrected chi connectivity index (χ2v) is 9.58. The first kappa shape index (κ1) is 22.9. The Labute approximate surface area is 193 Å². The maximum atomic E-state index is 15.6. The zero-order valence-electron chi connectivity index (χ0n) is 19.8. The van der Waals surface area contributed by atoms with Crippen LogP contribution in [0.5, 0.6) is 0 Å². The molecular formula is C25H30FN5O2. The van der Waals surface area contributed by atoms with Crippen molar-refractivity contribution in [1.29, 1.82) is 0 Å². The largest absolute Gasteiger partial charge is 0.444 e. The number of carbonyl (C=O) groups is 1. The molecule has 174 valence electrons. The van der Waals surface area contributed by atoms with Gasteiger partial charge in [-0.25, -0.2) is 19.2 Å². The number of aromatic nitrogens is 3. The Morgan fingerprint density at radius 1 is 1.06 bits per heavy atom. The second-order valence-electron chi connectivity index (χ2n) is 9.58. The topological polar surface area (TPSA) is 71.5 Å². The van der Waals surface area contributed by atoms with Gasteiger partial charge in [0.1, 0.15) is 29.0 Å². The monoisotopic (exact) mass is 451 g/mol. The average molecular weight is 452 g/mol. The Kier molecular flexibility index (Phi) is 6.19. The fourth-order valence-corrected chi connectivity index (χ4v) is 4.06. The number of carbonyl (C=O) groups excluding carboxylic acids is 1. The average Bonchev–Trinajstić information content (AvgIpc) is 2.78. The molecule has 0 saturated carbocycles. The van der Waals surface area contributed by atoms with Crippen molar-refractivity contribution in [3.8, 4) is 11.3 Å². The van der Waals surface area contributed by atoms with Crippen molar-refractivity contribution in [1.82, 2.24) is 19.9 Å². The third kappa shape index (κ3) is 4.74. The van der Waals surface area contributed by atoms with Gasteiger partial charge in [-0.2, -0.15) is 0 Å². The first-order chi connectivity index (χ1) is 15.7. The highest BCUT2D eigenvalue weighted by atomic mass is 19.1. The fourth-order valence-electron chi connectivity index (χ4n) is 4.06. The lowest BCUT2D eigenvalue weighted by Gasteiger charge is -2.36. The van der Waals surface area contributed by atoms with E-state index in [9.17, 15) is 4.79 Å². The highest BCUT2D eigenvalue weighted by molar-refractivity contribution is 5.91. The van der Waals surface area contributed by atoms with Crippen LogP contribution in [0.2, 0.25) is 0 Å². The minimum absolute atomic E-state index is 0.236. The number of piperazine rings is 1. The summed E-state index contributed by atoms with van der Waals surface area (Å²) in [5.74, 6) is 0.413. The summed E-state index contributed by atoms with van der Waals surface area (Å²) in [6.45, 7) is 11.8. The normalized spacial score (nSPS) is 14.8. The van der Waals surface area contributed by atoms with Crippen molar-refractivity contribution < 1.29 is 13.9 Å².